The number of likely N-dealkylation sites (N-methyl/N-ethyl adjacent to an activating group) is 1. The molecule has 0 radical (unpaired) electrons. The summed E-state index contributed by atoms with van der Waals surface area (Å²) in [5.74, 6) is 1.94. The van der Waals surface area contributed by atoms with Crippen molar-refractivity contribution >= 4 is 0 Å². The van der Waals surface area contributed by atoms with Gasteiger partial charge in [0.05, 0.1) is 7.11 Å². The van der Waals surface area contributed by atoms with E-state index in [1.165, 1.54) is 51.5 Å². The summed E-state index contributed by atoms with van der Waals surface area (Å²) in [6, 6.07) is 7.83. The molecule has 1 saturated heterocycles. The van der Waals surface area contributed by atoms with Crippen molar-refractivity contribution in [2.45, 2.75) is 61.8 Å². The van der Waals surface area contributed by atoms with Gasteiger partial charge in [-0.1, -0.05) is 18.9 Å². The predicted molar refractivity (Wildman–Crippen MR) is 88.6 cm³/mol. The second-order valence-electron chi connectivity index (χ2n) is 8.25. The summed E-state index contributed by atoms with van der Waals surface area (Å²) in [4.78, 5) is 2.72. The number of benzene rings is 1. The number of nitrogens with zero attached hydrogens (tertiary/aromatic N) is 1. The average Bonchev–Trinajstić information content (AvgIpc) is 3.35. The van der Waals surface area contributed by atoms with E-state index in [4.69, 9.17) is 4.74 Å². The van der Waals surface area contributed by atoms with Crippen LogP contribution in [0.15, 0.2) is 18.2 Å². The number of ether oxygens (including phenoxy) is 1. The number of methoxy groups -OCH3 is 1. The van der Waals surface area contributed by atoms with Crippen LogP contribution in [-0.2, 0) is 10.8 Å². The maximum atomic E-state index is 5.59. The first-order valence-corrected chi connectivity index (χ1v) is 9.11. The van der Waals surface area contributed by atoms with E-state index in [1.807, 2.05) is 7.11 Å². The average molecular weight is 297 g/mol. The summed E-state index contributed by atoms with van der Waals surface area (Å²) in [6.07, 6.45) is 9.83. The molecule has 0 N–H and O–H groups in total. The number of likely N-dealkylation sites (tertiary alicyclic amines) is 1. The van der Waals surface area contributed by atoms with E-state index in [2.05, 4.69) is 30.1 Å². The lowest BCUT2D eigenvalue weighted by Crippen LogP contribution is -2.63. The van der Waals surface area contributed by atoms with Gasteiger partial charge in [0.2, 0.25) is 0 Å². The first-order chi connectivity index (χ1) is 10.7. The van der Waals surface area contributed by atoms with Gasteiger partial charge in [-0.2, -0.15) is 0 Å². The van der Waals surface area contributed by atoms with Crippen molar-refractivity contribution in [1.82, 2.24) is 4.90 Å². The standard InChI is InChI=1S/C20H27NO/c1-21-12-11-19-8-4-3-5-16(19)18(21)20(9-10-20)15-7-6-14(22-2)13-17(15)19/h6-7,13,16,18H,3-5,8-12H2,1-2H3/t16-,18+,19-/m0/s1. The lowest BCUT2D eigenvalue weighted by molar-refractivity contribution is -0.0192. The van der Waals surface area contributed by atoms with Crippen LogP contribution in [0.3, 0.4) is 0 Å². The third-order valence-corrected chi connectivity index (χ3v) is 7.52. The number of rotatable bonds is 1. The Bertz CT molecular complexity index is 620. The van der Waals surface area contributed by atoms with Gasteiger partial charge in [0.25, 0.3) is 0 Å². The molecule has 2 bridgehead atoms. The quantitative estimate of drug-likeness (QED) is 0.780. The minimum atomic E-state index is 0.452. The molecule has 3 aliphatic carbocycles. The lowest BCUT2D eigenvalue weighted by Gasteiger charge is -2.61. The molecule has 1 aromatic rings. The molecule has 22 heavy (non-hydrogen) atoms. The fourth-order valence-electron chi connectivity index (χ4n) is 6.49. The maximum absolute atomic E-state index is 5.59. The molecule has 2 saturated carbocycles. The van der Waals surface area contributed by atoms with Crippen LogP contribution in [0.2, 0.25) is 0 Å². The maximum Gasteiger partial charge on any atom is 0.119 e. The van der Waals surface area contributed by atoms with Crippen molar-refractivity contribution in [3.63, 3.8) is 0 Å². The Morgan fingerprint density at radius 3 is 2.68 bits per heavy atom. The van der Waals surface area contributed by atoms with Crippen LogP contribution in [0.4, 0.5) is 0 Å². The molecule has 2 heteroatoms. The Hall–Kier alpha value is -1.02. The fourth-order valence-corrected chi connectivity index (χ4v) is 6.49. The van der Waals surface area contributed by atoms with Gasteiger partial charge in [-0.05, 0) is 74.9 Å². The molecular weight excluding hydrogens is 270 g/mol. The Morgan fingerprint density at radius 2 is 1.91 bits per heavy atom. The van der Waals surface area contributed by atoms with Crippen molar-refractivity contribution in [3.05, 3.63) is 29.3 Å². The highest BCUT2D eigenvalue weighted by molar-refractivity contribution is 5.53. The van der Waals surface area contributed by atoms with Gasteiger partial charge in [0.1, 0.15) is 5.75 Å². The van der Waals surface area contributed by atoms with Gasteiger partial charge < -0.3 is 9.64 Å². The van der Waals surface area contributed by atoms with Gasteiger partial charge >= 0.3 is 0 Å². The van der Waals surface area contributed by atoms with Crippen LogP contribution in [-0.4, -0.2) is 31.6 Å². The van der Waals surface area contributed by atoms with Crippen LogP contribution in [0, 0.1) is 5.92 Å². The molecule has 1 spiro atoms. The van der Waals surface area contributed by atoms with Gasteiger partial charge in [-0.3, -0.25) is 0 Å². The fraction of sp³-hybridized carbons (Fsp3) is 0.700. The number of hydrogen-bond donors (Lipinski definition) is 0. The molecule has 0 aromatic heterocycles. The van der Waals surface area contributed by atoms with E-state index >= 15 is 0 Å². The molecule has 1 aliphatic heterocycles. The second-order valence-corrected chi connectivity index (χ2v) is 8.25. The lowest BCUT2D eigenvalue weighted by atomic mass is 9.49. The molecule has 118 valence electrons. The summed E-state index contributed by atoms with van der Waals surface area (Å²) in [7, 11) is 4.20. The van der Waals surface area contributed by atoms with Crippen LogP contribution in [0.1, 0.15) is 56.1 Å². The molecule has 0 amide bonds. The highest BCUT2D eigenvalue weighted by Gasteiger charge is 2.65. The zero-order valence-corrected chi connectivity index (χ0v) is 13.9. The largest absolute Gasteiger partial charge is 0.497 e. The van der Waals surface area contributed by atoms with E-state index in [0.29, 0.717) is 10.8 Å². The molecular formula is C20H27NO. The molecule has 1 heterocycles. The van der Waals surface area contributed by atoms with Crippen molar-refractivity contribution < 1.29 is 4.74 Å². The number of piperidine rings is 1. The van der Waals surface area contributed by atoms with Crippen molar-refractivity contribution in [2.24, 2.45) is 5.92 Å². The van der Waals surface area contributed by atoms with Gasteiger partial charge in [-0.25, -0.2) is 0 Å². The minimum absolute atomic E-state index is 0.452. The van der Waals surface area contributed by atoms with E-state index in [9.17, 15) is 0 Å². The Morgan fingerprint density at radius 1 is 1.05 bits per heavy atom. The highest BCUT2D eigenvalue weighted by atomic mass is 16.5. The van der Waals surface area contributed by atoms with Crippen molar-refractivity contribution in [2.75, 3.05) is 20.7 Å². The highest BCUT2D eigenvalue weighted by Crippen LogP contribution is 2.67. The SMILES string of the molecule is COc1ccc2c(c1)[C@]13CCCC[C@H]1[C@@H](N(C)CC3)C21CC1. The van der Waals surface area contributed by atoms with Gasteiger partial charge in [-0.15, -0.1) is 0 Å². The minimum Gasteiger partial charge on any atom is -0.497 e. The molecule has 0 unspecified atom stereocenters. The summed E-state index contributed by atoms with van der Waals surface area (Å²) >= 11 is 0. The van der Waals surface area contributed by atoms with Crippen LogP contribution in [0.25, 0.3) is 0 Å². The van der Waals surface area contributed by atoms with Crippen molar-refractivity contribution in [3.8, 4) is 5.75 Å². The zero-order valence-electron chi connectivity index (χ0n) is 13.9. The normalized spacial score (nSPS) is 38.3. The molecule has 3 fully saturated rings. The third kappa shape index (κ3) is 1.45. The van der Waals surface area contributed by atoms with E-state index < -0.39 is 0 Å². The van der Waals surface area contributed by atoms with Crippen LogP contribution in [0.5, 0.6) is 5.75 Å². The second kappa shape index (κ2) is 4.29. The molecule has 2 nitrogen and oxygen atoms in total. The summed E-state index contributed by atoms with van der Waals surface area (Å²) in [5, 5.41) is 0. The van der Waals surface area contributed by atoms with Gasteiger partial charge in [0, 0.05) is 16.9 Å². The first kappa shape index (κ1) is 13.4. The molecule has 5 rings (SSSR count). The Balaban J connectivity index is 1.77. The van der Waals surface area contributed by atoms with E-state index in [1.54, 1.807) is 11.1 Å². The summed E-state index contributed by atoms with van der Waals surface area (Å²) < 4.78 is 5.59. The Kier molecular flexibility index (Phi) is 2.61. The predicted octanol–water partition coefficient (Wildman–Crippen LogP) is 3.87. The van der Waals surface area contributed by atoms with Crippen LogP contribution >= 0.6 is 0 Å². The van der Waals surface area contributed by atoms with Gasteiger partial charge in [0.15, 0.2) is 0 Å². The van der Waals surface area contributed by atoms with E-state index in [-0.39, 0.29) is 0 Å². The Labute approximate surface area is 133 Å². The molecule has 4 aliphatic rings. The smallest absolute Gasteiger partial charge is 0.119 e. The summed E-state index contributed by atoms with van der Waals surface area (Å²) in [6.45, 7) is 1.28. The summed E-state index contributed by atoms with van der Waals surface area (Å²) in [5.41, 5.74) is 4.29. The van der Waals surface area contributed by atoms with Crippen LogP contribution < -0.4 is 4.74 Å². The molecule has 1 aromatic carbocycles. The topological polar surface area (TPSA) is 12.5 Å². The van der Waals surface area contributed by atoms with Crippen molar-refractivity contribution in [1.29, 1.82) is 0 Å². The molecule has 3 atom stereocenters. The number of fused-ring (bicyclic) bond motifs is 3. The third-order valence-electron chi connectivity index (χ3n) is 7.52. The van der Waals surface area contributed by atoms with E-state index in [0.717, 1.165) is 17.7 Å². The first-order valence-electron chi connectivity index (χ1n) is 9.11. The number of hydrogen-bond acceptors (Lipinski definition) is 2. The monoisotopic (exact) mass is 297 g/mol. The zero-order chi connectivity index (χ0) is 14.9.